The lowest BCUT2D eigenvalue weighted by molar-refractivity contribution is 0.0926. The lowest BCUT2D eigenvalue weighted by Gasteiger charge is -2.18. The highest BCUT2D eigenvalue weighted by Crippen LogP contribution is 2.40. The summed E-state index contributed by atoms with van der Waals surface area (Å²) in [5.41, 5.74) is 8.11. The lowest BCUT2D eigenvalue weighted by atomic mass is 10.0. The van der Waals surface area contributed by atoms with Crippen molar-refractivity contribution in [1.29, 1.82) is 0 Å². The third-order valence-electron chi connectivity index (χ3n) is 8.14. The van der Waals surface area contributed by atoms with Crippen LogP contribution < -0.4 is 4.90 Å². The molecule has 2 amide bonds. The predicted molar refractivity (Wildman–Crippen MR) is 169 cm³/mol. The van der Waals surface area contributed by atoms with E-state index in [-0.39, 0.29) is 11.8 Å². The second-order valence-electron chi connectivity index (χ2n) is 10.5. The van der Waals surface area contributed by atoms with Gasteiger partial charge in [-0.2, -0.15) is 0 Å². The van der Waals surface area contributed by atoms with E-state index in [0.29, 0.717) is 22.5 Å². The zero-order valence-electron chi connectivity index (χ0n) is 22.6. The van der Waals surface area contributed by atoms with E-state index in [1.165, 1.54) is 4.90 Å². The van der Waals surface area contributed by atoms with Crippen molar-refractivity contribution in [3.63, 3.8) is 0 Å². The molecule has 1 aliphatic heterocycles. The fraction of sp³-hybridized carbons (Fsp3) is 0. The first-order valence-corrected chi connectivity index (χ1v) is 14.0. The molecule has 4 heteroatoms. The number of imide groups is 1. The van der Waals surface area contributed by atoms with Crippen LogP contribution in [-0.4, -0.2) is 16.4 Å². The Morgan fingerprint density at radius 1 is 0.405 bits per heavy atom. The maximum absolute atomic E-state index is 14.3. The quantitative estimate of drug-likeness (QED) is 0.209. The van der Waals surface area contributed by atoms with Crippen molar-refractivity contribution in [3.05, 3.63) is 157 Å². The summed E-state index contributed by atoms with van der Waals surface area (Å²) in [7, 11) is 0. The fourth-order valence-electron chi connectivity index (χ4n) is 6.25. The Morgan fingerprint density at radius 2 is 1.02 bits per heavy atom. The molecular formula is C38H24N2O2. The first-order valence-electron chi connectivity index (χ1n) is 14.0. The van der Waals surface area contributed by atoms with Crippen LogP contribution in [0.15, 0.2) is 146 Å². The first kappa shape index (κ1) is 24.1. The number of amides is 2. The Kier molecular flexibility index (Phi) is 5.41. The summed E-state index contributed by atoms with van der Waals surface area (Å²) in [4.78, 5) is 29.6. The molecule has 0 bridgehead atoms. The molecule has 1 aromatic heterocycles. The van der Waals surface area contributed by atoms with Crippen molar-refractivity contribution >= 4 is 39.3 Å². The maximum Gasteiger partial charge on any atom is 0.268 e. The van der Waals surface area contributed by atoms with E-state index in [0.717, 1.165) is 44.1 Å². The highest BCUT2D eigenvalue weighted by molar-refractivity contribution is 6.36. The van der Waals surface area contributed by atoms with Gasteiger partial charge in [0.15, 0.2) is 0 Å². The summed E-state index contributed by atoms with van der Waals surface area (Å²) in [5.74, 6) is -0.631. The van der Waals surface area contributed by atoms with Gasteiger partial charge in [-0.3, -0.25) is 9.59 Å². The molecule has 0 saturated carbocycles. The molecule has 0 aliphatic carbocycles. The number of para-hydroxylation sites is 2. The molecule has 1 aliphatic rings. The number of fused-ring (bicyclic) bond motifs is 4. The van der Waals surface area contributed by atoms with Crippen LogP contribution in [0.2, 0.25) is 0 Å². The van der Waals surface area contributed by atoms with E-state index in [1.54, 1.807) is 6.07 Å². The van der Waals surface area contributed by atoms with Gasteiger partial charge < -0.3 is 4.57 Å². The number of anilines is 1. The van der Waals surface area contributed by atoms with Gasteiger partial charge in [0.05, 0.1) is 33.5 Å². The third-order valence-corrected chi connectivity index (χ3v) is 8.14. The van der Waals surface area contributed by atoms with Crippen LogP contribution in [-0.2, 0) is 0 Å². The zero-order chi connectivity index (χ0) is 28.2. The zero-order valence-corrected chi connectivity index (χ0v) is 22.6. The van der Waals surface area contributed by atoms with E-state index in [2.05, 4.69) is 47.0 Å². The second kappa shape index (κ2) is 9.43. The molecule has 6 aromatic carbocycles. The minimum Gasteiger partial charge on any atom is -0.308 e. The number of rotatable bonds is 4. The van der Waals surface area contributed by atoms with Crippen LogP contribution >= 0.6 is 0 Å². The second-order valence-corrected chi connectivity index (χ2v) is 10.5. The third kappa shape index (κ3) is 3.55. The van der Waals surface area contributed by atoms with Crippen LogP contribution in [0.3, 0.4) is 0 Å². The van der Waals surface area contributed by atoms with Gasteiger partial charge in [0.2, 0.25) is 0 Å². The van der Waals surface area contributed by atoms with E-state index in [4.69, 9.17) is 0 Å². The van der Waals surface area contributed by atoms with Crippen LogP contribution in [0.25, 0.3) is 49.7 Å². The molecular weight excluding hydrogens is 516 g/mol. The van der Waals surface area contributed by atoms with Gasteiger partial charge >= 0.3 is 0 Å². The summed E-state index contributed by atoms with van der Waals surface area (Å²) < 4.78 is 2.12. The van der Waals surface area contributed by atoms with Gasteiger partial charge in [-0.25, -0.2) is 4.90 Å². The topological polar surface area (TPSA) is 42.3 Å². The van der Waals surface area contributed by atoms with Crippen LogP contribution in [0, 0.1) is 0 Å². The molecule has 7 aromatic rings. The van der Waals surface area contributed by atoms with Crippen molar-refractivity contribution in [1.82, 2.24) is 4.57 Å². The summed E-state index contributed by atoms with van der Waals surface area (Å²) in [5, 5.41) is 2.18. The molecule has 42 heavy (non-hydrogen) atoms. The molecule has 0 unspecified atom stereocenters. The normalized spacial score (nSPS) is 12.8. The Labute approximate surface area is 242 Å². The van der Waals surface area contributed by atoms with E-state index in [9.17, 15) is 9.59 Å². The molecule has 198 valence electrons. The summed E-state index contributed by atoms with van der Waals surface area (Å²) in [6, 6.07) is 48.0. The highest BCUT2D eigenvalue weighted by atomic mass is 16.2. The molecule has 0 atom stereocenters. The number of benzene rings is 6. The summed E-state index contributed by atoms with van der Waals surface area (Å²) in [6.45, 7) is 0. The average Bonchev–Trinajstić information content (AvgIpc) is 3.52. The van der Waals surface area contributed by atoms with Gasteiger partial charge in [0, 0.05) is 16.3 Å². The number of carbonyl (C=O) groups excluding carboxylic acids is 2. The van der Waals surface area contributed by atoms with Crippen molar-refractivity contribution in [3.8, 4) is 27.9 Å². The molecule has 0 radical (unpaired) electrons. The molecule has 0 fully saturated rings. The summed E-state index contributed by atoms with van der Waals surface area (Å²) in [6.07, 6.45) is 0. The molecule has 2 heterocycles. The van der Waals surface area contributed by atoms with Crippen LogP contribution in [0.1, 0.15) is 20.7 Å². The lowest BCUT2D eigenvalue weighted by Crippen LogP contribution is -2.30. The van der Waals surface area contributed by atoms with Crippen molar-refractivity contribution in [2.45, 2.75) is 0 Å². The maximum atomic E-state index is 14.3. The van der Waals surface area contributed by atoms with Crippen LogP contribution in [0.5, 0.6) is 0 Å². The van der Waals surface area contributed by atoms with Crippen molar-refractivity contribution in [2.75, 3.05) is 4.90 Å². The van der Waals surface area contributed by atoms with E-state index < -0.39 is 0 Å². The molecule has 0 N–H and O–H groups in total. The van der Waals surface area contributed by atoms with E-state index in [1.807, 2.05) is 97.1 Å². The number of hydrogen-bond donors (Lipinski definition) is 0. The Hall–Kier alpha value is -5.74. The van der Waals surface area contributed by atoms with Crippen molar-refractivity contribution in [2.24, 2.45) is 0 Å². The average molecular weight is 541 g/mol. The first-order chi connectivity index (χ1) is 20.7. The van der Waals surface area contributed by atoms with Gasteiger partial charge in [-0.05, 0) is 53.1 Å². The van der Waals surface area contributed by atoms with Crippen molar-refractivity contribution < 1.29 is 9.59 Å². The standard InChI is InChI=1S/C38H24N2O2/c41-37-30-18-11-21-35(36(30)38(42)40(37)32-19-9-7-16-28(32)26-14-5-2-6-15-26)39-33-20-10-8-17-29(33)31-24-27(22-23-34(31)39)25-12-3-1-4-13-25/h1-24H. The molecule has 0 spiro atoms. The van der Waals surface area contributed by atoms with E-state index >= 15 is 0 Å². The largest absolute Gasteiger partial charge is 0.308 e. The number of nitrogens with zero attached hydrogens (tertiary/aromatic N) is 2. The minimum absolute atomic E-state index is 0.313. The van der Waals surface area contributed by atoms with Gasteiger partial charge in [-0.15, -0.1) is 0 Å². The Bertz CT molecular complexity index is 2180. The van der Waals surface area contributed by atoms with Gasteiger partial charge in [0.1, 0.15) is 0 Å². The monoisotopic (exact) mass is 540 g/mol. The molecule has 0 saturated heterocycles. The molecule has 4 nitrogen and oxygen atoms in total. The Balaban J connectivity index is 1.33. The number of carbonyl (C=O) groups is 2. The van der Waals surface area contributed by atoms with Gasteiger partial charge in [0.25, 0.3) is 11.8 Å². The Morgan fingerprint density at radius 3 is 1.83 bits per heavy atom. The van der Waals surface area contributed by atoms with Crippen LogP contribution in [0.4, 0.5) is 5.69 Å². The number of aromatic nitrogens is 1. The SMILES string of the molecule is O=C1c2cccc(-n3c4ccccc4c4cc(-c5ccccc5)ccc43)c2C(=O)N1c1ccccc1-c1ccccc1. The highest BCUT2D eigenvalue weighted by Gasteiger charge is 2.40. The minimum atomic E-state index is -0.319. The summed E-state index contributed by atoms with van der Waals surface area (Å²) >= 11 is 0. The van der Waals surface area contributed by atoms with Gasteiger partial charge in [-0.1, -0.05) is 109 Å². The smallest absolute Gasteiger partial charge is 0.268 e. The number of hydrogen-bond acceptors (Lipinski definition) is 2. The fourth-order valence-corrected chi connectivity index (χ4v) is 6.25. The predicted octanol–water partition coefficient (Wildman–Crippen LogP) is 8.92. The molecule has 8 rings (SSSR count).